The fourth-order valence-corrected chi connectivity index (χ4v) is 2.17. The Bertz CT molecular complexity index is 712. The Morgan fingerprint density at radius 3 is 2.29 bits per heavy atom. The molecule has 0 bridgehead atoms. The maximum absolute atomic E-state index is 12.1. The molecule has 124 valence electrons. The van der Waals surface area contributed by atoms with E-state index < -0.39 is 11.9 Å². The van der Waals surface area contributed by atoms with E-state index in [9.17, 15) is 9.59 Å². The number of carbonyl (C=O) groups is 2. The molecular weight excluding hydrogens is 304 g/mol. The summed E-state index contributed by atoms with van der Waals surface area (Å²) < 4.78 is 5.32. The molecule has 2 aromatic rings. The summed E-state index contributed by atoms with van der Waals surface area (Å²) in [5, 5.41) is 8.59. The van der Waals surface area contributed by atoms with Crippen molar-refractivity contribution >= 4 is 18.0 Å². The van der Waals surface area contributed by atoms with Crippen LogP contribution in [0.2, 0.25) is 0 Å². The molecule has 0 saturated heterocycles. The van der Waals surface area contributed by atoms with Gasteiger partial charge in [0.2, 0.25) is 0 Å². The maximum Gasteiger partial charge on any atom is 0.343 e. The molecular formula is C20H20O4. The standard InChI is InChI=1S/C20H20O4/c1-2-3-4-15-5-10-17(11-6-15)20(23)24-18-12-7-16(8-13-18)9-14-19(21)22/h5-14H,2-4H2,1H3,(H,21,22). The number of carboxylic acids is 1. The molecule has 0 aliphatic heterocycles. The molecule has 0 saturated carbocycles. The van der Waals surface area contributed by atoms with Crippen LogP contribution >= 0.6 is 0 Å². The summed E-state index contributed by atoms with van der Waals surface area (Å²) in [7, 11) is 0. The van der Waals surface area contributed by atoms with Crippen LogP contribution < -0.4 is 4.74 Å². The van der Waals surface area contributed by atoms with Crippen LogP contribution in [0, 0.1) is 0 Å². The summed E-state index contributed by atoms with van der Waals surface area (Å²) in [6, 6.07) is 14.1. The summed E-state index contributed by atoms with van der Waals surface area (Å²) in [4.78, 5) is 22.6. The van der Waals surface area contributed by atoms with Crippen molar-refractivity contribution in [3.63, 3.8) is 0 Å². The number of esters is 1. The van der Waals surface area contributed by atoms with E-state index in [0.29, 0.717) is 11.3 Å². The Morgan fingerprint density at radius 2 is 1.71 bits per heavy atom. The molecule has 2 rings (SSSR count). The first-order chi connectivity index (χ1) is 11.6. The quantitative estimate of drug-likeness (QED) is 0.467. The predicted octanol–water partition coefficient (Wildman–Crippen LogP) is 4.35. The first-order valence-electron chi connectivity index (χ1n) is 7.90. The van der Waals surface area contributed by atoms with E-state index in [1.54, 1.807) is 36.4 Å². The summed E-state index contributed by atoms with van der Waals surface area (Å²) in [6.07, 6.45) is 5.81. The zero-order chi connectivity index (χ0) is 17.4. The minimum Gasteiger partial charge on any atom is -0.478 e. The lowest BCUT2D eigenvalue weighted by molar-refractivity contribution is -0.131. The van der Waals surface area contributed by atoms with Crippen LogP contribution in [-0.2, 0) is 11.2 Å². The Hall–Kier alpha value is -2.88. The second-order valence-corrected chi connectivity index (χ2v) is 5.43. The Labute approximate surface area is 141 Å². The van der Waals surface area contributed by atoms with Crippen molar-refractivity contribution < 1.29 is 19.4 Å². The van der Waals surface area contributed by atoms with Crippen LogP contribution in [0.1, 0.15) is 41.3 Å². The van der Waals surface area contributed by atoms with Crippen LogP contribution in [0.4, 0.5) is 0 Å². The molecule has 0 fully saturated rings. The third-order valence-corrected chi connectivity index (χ3v) is 3.52. The van der Waals surface area contributed by atoms with E-state index in [0.717, 1.165) is 30.9 Å². The van der Waals surface area contributed by atoms with Gasteiger partial charge in [-0.1, -0.05) is 37.6 Å². The number of rotatable bonds is 7. The molecule has 0 unspecified atom stereocenters. The van der Waals surface area contributed by atoms with Gasteiger partial charge in [-0.25, -0.2) is 9.59 Å². The van der Waals surface area contributed by atoms with Crippen LogP contribution in [-0.4, -0.2) is 17.0 Å². The van der Waals surface area contributed by atoms with E-state index in [1.165, 1.54) is 11.6 Å². The normalized spacial score (nSPS) is 10.7. The van der Waals surface area contributed by atoms with E-state index in [4.69, 9.17) is 9.84 Å². The molecule has 0 aliphatic carbocycles. The predicted molar refractivity (Wildman–Crippen MR) is 93.1 cm³/mol. The smallest absolute Gasteiger partial charge is 0.343 e. The lowest BCUT2D eigenvalue weighted by Crippen LogP contribution is -2.08. The van der Waals surface area contributed by atoms with Crippen LogP contribution in [0.25, 0.3) is 6.08 Å². The largest absolute Gasteiger partial charge is 0.478 e. The molecule has 0 atom stereocenters. The highest BCUT2D eigenvalue weighted by atomic mass is 16.5. The van der Waals surface area contributed by atoms with Crippen LogP contribution in [0.3, 0.4) is 0 Å². The maximum atomic E-state index is 12.1. The van der Waals surface area contributed by atoms with Gasteiger partial charge in [0.25, 0.3) is 0 Å². The number of ether oxygens (including phenoxy) is 1. The van der Waals surface area contributed by atoms with E-state index in [1.807, 2.05) is 12.1 Å². The second-order valence-electron chi connectivity index (χ2n) is 5.43. The number of aliphatic carboxylic acids is 1. The van der Waals surface area contributed by atoms with Crippen molar-refractivity contribution in [1.29, 1.82) is 0 Å². The third-order valence-electron chi connectivity index (χ3n) is 3.52. The fraction of sp³-hybridized carbons (Fsp3) is 0.200. The number of carboxylic acid groups (broad SMARTS) is 1. The first-order valence-corrected chi connectivity index (χ1v) is 7.90. The van der Waals surface area contributed by atoms with Crippen molar-refractivity contribution in [1.82, 2.24) is 0 Å². The molecule has 2 aromatic carbocycles. The van der Waals surface area contributed by atoms with E-state index in [-0.39, 0.29) is 0 Å². The molecule has 0 radical (unpaired) electrons. The third kappa shape index (κ3) is 5.39. The number of hydrogen-bond donors (Lipinski definition) is 1. The van der Waals surface area contributed by atoms with Crippen LogP contribution in [0.5, 0.6) is 5.75 Å². The fourth-order valence-electron chi connectivity index (χ4n) is 2.17. The SMILES string of the molecule is CCCCc1ccc(C(=O)Oc2ccc(C=CC(=O)O)cc2)cc1. The van der Waals surface area contributed by atoms with Crippen molar-refractivity contribution in [2.45, 2.75) is 26.2 Å². The first kappa shape index (κ1) is 17.5. The monoisotopic (exact) mass is 324 g/mol. The van der Waals surface area contributed by atoms with Gasteiger partial charge < -0.3 is 9.84 Å². The highest BCUT2D eigenvalue weighted by Crippen LogP contribution is 2.16. The Balaban J connectivity index is 1.97. The molecule has 24 heavy (non-hydrogen) atoms. The van der Waals surface area contributed by atoms with Gasteiger partial charge in [-0.05, 0) is 54.3 Å². The number of carbonyl (C=O) groups excluding carboxylic acids is 1. The Kier molecular flexibility index (Phi) is 6.32. The summed E-state index contributed by atoms with van der Waals surface area (Å²) in [5.41, 5.74) is 2.44. The van der Waals surface area contributed by atoms with Gasteiger partial charge in [0.1, 0.15) is 5.75 Å². The second kappa shape index (κ2) is 8.67. The molecule has 0 heterocycles. The van der Waals surface area contributed by atoms with Crippen molar-refractivity contribution in [2.75, 3.05) is 0 Å². The number of hydrogen-bond acceptors (Lipinski definition) is 3. The van der Waals surface area contributed by atoms with Gasteiger partial charge in [0.05, 0.1) is 5.56 Å². The van der Waals surface area contributed by atoms with Gasteiger partial charge >= 0.3 is 11.9 Å². The lowest BCUT2D eigenvalue weighted by Gasteiger charge is -2.06. The molecule has 0 aliphatic rings. The zero-order valence-electron chi connectivity index (χ0n) is 13.6. The van der Waals surface area contributed by atoms with Crippen molar-refractivity contribution in [3.8, 4) is 5.75 Å². The minimum absolute atomic E-state index is 0.411. The van der Waals surface area contributed by atoms with E-state index in [2.05, 4.69) is 6.92 Å². The highest BCUT2D eigenvalue weighted by molar-refractivity contribution is 5.91. The van der Waals surface area contributed by atoms with Crippen molar-refractivity contribution in [3.05, 3.63) is 71.3 Å². The van der Waals surface area contributed by atoms with Gasteiger partial charge in [-0.15, -0.1) is 0 Å². The minimum atomic E-state index is -1.01. The number of benzene rings is 2. The summed E-state index contributed by atoms with van der Waals surface area (Å²) in [5.74, 6) is -0.999. The average molecular weight is 324 g/mol. The highest BCUT2D eigenvalue weighted by Gasteiger charge is 2.08. The molecule has 1 N–H and O–H groups in total. The molecule has 0 spiro atoms. The summed E-state index contributed by atoms with van der Waals surface area (Å²) >= 11 is 0. The van der Waals surface area contributed by atoms with Crippen molar-refractivity contribution in [2.24, 2.45) is 0 Å². The topological polar surface area (TPSA) is 63.6 Å². The summed E-state index contributed by atoms with van der Waals surface area (Å²) in [6.45, 7) is 2.15. The van der Waals surface area contributed by atoms with Gasteiger partial charge in [-0.3, -0.25) is 0 Å². The Morgan fingerprint density at radius 1 is 1.04 bits per heavy atom. The lowest BCUT2D eigenvalue weighted by atomic mass is 10.1. The van der Waals surface area contributed by atoms with E-state index >= 15 is 0 Å². The molecule has 0 aromatic heterocycles. The zero-order valence-corrected chi connectivity index (χ0v) is 13.6. The van der Waals surface area contributed by atoms with Crippen LogP contribution in [0.15, 0.2) is 54.6 Å². The molecule has 4 nitrogen and oxygen atoms in total. The van der Waals surface area contributed by atoms with Gasteiger partial charge in [0, 0.05) is 6.08 Å². The van der Waals surface area contributed by atoms with Gasteiger partial charge in [0.15, 0.2) is 0 Å². The number of unbranched alkanes of at least 4 members (excludes halogenated alkanes) is 1. The molecule has 4 heteroatoms. The number of aryl methyl sites for hydroxylation is 1. The molecule has 0 amide bonds. The van der Waals surface area contributed by atoms with Gasteiger partial charge in [-0.2, -0.15) is 0 Å². The average Bonchev–Trinajstić information content (AvgIpc) is 2.59.